The number of carbonyl (C=O) groups is 2. The van der Waals surface area contributed by atoms with E-state index in [9.17, 15) is 22.8 Å². The first kappa shape index (κ1) is 22.5. The van der Waals surface area contributed by atoms with Crippen molar-refractivity contribution in [1.82, 2.24) is 14.8 Å². The van der Waals surface area contributed by atoms with Crippen LogP contribution in [0.2, 0.25) is 0 Å². The number of carbonyl (C=O) groups excluding carboxylic acids is 2. The average molecular weight is 444 g/mol. The number of benzene rings is 1. The Morgan fingerprint density at radius 1 is 1.16 bits per heavy atom. The molecule has 3 rings (SSSR count). The number of hydrogen-bond donors (Lipinski definition) is 3. The quantitative estimate of drug-likeness (QED) is 0.502. The highest BCUT2D eigenvalue weighted by atomic mass is 19.4. The minimum atomic E-state index is -4.53. The summed E-state index contributed by atoms with van der Waals surface area (Å²) in [5.74, 6) is -0.935. The van der Waals surface area contributed by atoms with Gasteiger partial charge in [-0.15, -0.1) is 0 Å². The summed E-state index contributed by atoms with van der Waals surface area (Å²) in [7, 11) is 1.79. The molecule has 2 aromatic heterocycles. The van der Waals surface area contributed by atoms with Crippen molar-refractivity contribution < 1.29 is 22.8 Å². The van der Waals surface area contributed by atoms with Crippen molar-refractivity contribution in [1.29, 1.82) is 0 Å². The van der Waals surface area contributed by atoms with Gasteiger partial charge in [0.1, 0.15) is 5.69 Å². The minimum absolute atomic E-state index is 0.00114. The molecule has 0 aliphatic heterocycles. The predicted molar refractivity (Wildman–Crippen MR) is 114 cm³/mol. The van der Waals surface area contributed by atoms with Crippen LogP contribution in [-0.2, 0) is 18.0 Å². The summed E-state index contributed by atoms with van der Waals surface area (Å²) < 4.78 is 39.8. The Morgan fingerprint density at radius 2 is 1.94 bits per heavy atom. The second-order valence-corrected chi connectivity index (χ2v) is 6.79. The van der Waals surface area contributed by atoms with Crippen LogP contribution in [0, 0.1) is 0 Å². The Kier molecular flexibility index (Phi) is 6.57. The Hall–Kier alpha value is -4.15. The summed E-state index contributed by atoms with van der Waals surface area (Å²) in [4.78, 5) is 28.3. The first-order chi connectivity index (χ1) is 15.1. The molecule has 0 radical (unpaired) electrons. The minimum Gasteiger partial charge on any atom is -0.397 e. The molecule has 8 nitrogen and oxygen atoms in total. The summed E-state index contributed by atoms with van der Waals surface area (Å²) >= 11 is 0. The monoisotopic (exact) mass is 444 g/mol. The average Bonchev–Trinajstić information content (AvgIpc) is 3.14. The maximum Gasteiger partial charge on any atom is 0.416 e. The van der Waals surface area contributed by atoms with Gasteiger partial charge < -0.3 is 16.4 Å². The molecule has 0 saturated heterocycles. The second kappa shape index (κ2) is 9.33. The molecule has 0 aliphatic rings. The molecule has 0 bridgehead atoms. The van der Waals surface area contributed by atoms with Gasteiger partial charge in [-0.1, -0.05) is 12.2 Å². The number of halogens is 3. The van der Waals surface area contributed by atoms with Crippen molar-refractivity contribution in [2.75, 3.05) is 16.4 Å². The third kappa shape index (κ3) is 5.94. The molecule has 0 spiro atoms. The molecule has 1 aromatic carbocycles. The Bertz CT molecular complexity index is 1150. The van der Waals surface area contributed by atoms with E-state index in [-0.39, 0.29) is 29.4 Å². The molecule has 11 heteroatoms. The van der Waals surface area contributed by atoms with E-state index >= 15 is 0 Å². The predicted octanol–water partition coefficient (Wildman–Crippen LogP) is 3.71. The number of aromatic nitrogens is 3. The summed E-state index contributed by atoms with van der Waals surface area (Å²) in [5.41, 5.74) is 5.75. The third-order valence-electron chi connectivity index (χ3n) is 4.25. The lowest BCUT2D eigenvalue weighted by Crippen LogP contribution is -2.16. The van der Waals surface area contributed by atoms with E-state index in [4.69, 9.17) is 5.73 Å². The van der Waals surface area contributed by atoms with Crippen LogP contribution in [0.3, 0.4) is 0 Å². The van der Waals surface area contributed by atoms with Gasteiger partial charge in [0.15, 0.2) is 0 Å². The zero-order chi connectivity index (χ0) is 23.3. The van der Waals surface area contributed by atoms with E-state index in [1.165, 1.54) is 18.3 Å². The molecule has 32 heavy (non-hydrogen) atoms. The SMILES string of the molecule is Cn1cc(/C=C/CC(=O)Nc2ccc(C(=O)Nc3ccc(C(F)(F)F)cc3N)nc2)cn1. The number of pyridine rings is 1. The van der Waals surface area contributed by atoms with Crippen LogP contribution >= 0.6 is 0 Å². The number of rotatable bonds is 6. The van der Waals surface area contributed by atoms with Gasteiger partial charge in [0.2, 0.25) is 5.91 Å². The summed E-state index contributed by atoms with van der Waals surface area (Å²) in [6, 6.07) is 5.49. The third-order valence-corrected chi connectivity index (χ3v) is 4.25. The standard InChI is InChI=1S/C21H19F3N6O2/c1-30-12-13(10-27-30)3-2-4-19(31)28-15-6-8-18(26-11-15)20(32)29-17-7-5-14(9-16(17)25)21(22,23)24/h2-3,5-12H,4,25H2,1H3,(H,28,31)(H,29,32)/b3-2+. The van der Waals surface area contributed by atoms with E-state index in [0.29, 0.717) is 5.69 Å². The van der Waals surface area contributed by atoms with Gasteiger partial charge in [-0.2, -0.15) is 18.3 Å². The lowest BCUT2D eigenvalue weighted by molar-refractivity contribution is -0.137. The Labute approximate surface area is 180 Å². The van der Waals surface area contributed by atoms with Crippen LogP contribution in [0.4, 0.5) is 30.2 Å². The zero-order valence-corrected chi connectivity index (χ0v) is 16.8. The number of hydrogen-bond acceptors (Lipinski definition) is 5. The molecule has 0 unspecified atom stereocenters. The van der Waals surface area contributed by atoms with Gasteiger partial charge in [0.25, 0.3) is 5.91 Å². The number of nitrogens with two attached hydrogens (primary N) is 1. The first-order valence-corrected chi connectivity index (χ1v) is 9.31. The lowest BCUT2D eigenvalue weighted by Gasteiger charge is -2.12. The number of anilines is 3. The molecule has 2 heterocycles. The second-order valence-electron chi connectivity index (χ2n) is 6.79. The molecule has 0 aliphatic carbocycles. The normalized spacial score (nSPS) is 11.5. The van der Waals surface area contributed by atoms with Crippen molar-refractivity contribution in [3.05, 3.63) is 71.8 Å². The van der Waals surface area contributed by atoms with Crippen LogP contribution in [0.5, 0.6) is 0 Å². The first-order valence-electron chi connectivity index (χ1n) is 9.31. The summed E-state index contributed by atoms with van der Waals surface area (Å²) in [5, 5.41) is 9.08. The molecular weight excluding hydrogens is 425 g/mol. The number of nitrogens with one attached hydrogen (secondary N) is 2. The molecule has 2 amide bonds. The molecular formula is C21H19F3N6O2. The lowest BCUT2D eigenvalue weighted by atomic mass is 10.1. The molecule has 166 valence electrons. The Balaban J connectivity index is 1.56. The van der Waals surface area contributed by atoms with Crippen molar-refractivity contribution in [2.45, 2.75) is 12.6 Å². The Morgan fingerprint density at radius 3 is 2.53 bits per heavy atom. The van der Waals surface area contributed by atoms with Crippen molar-refractivity contribution in [3.63, 3.8) is 0 Å². The van der Waals surface area contributed by atoms with E-state index in [0.717, 1.165) is 23.8 Å². The molecule has 4 N–H and O–H groups in total. The fraction of sp³-hybridized carbons (Fsp3) is 0.143. The van der Waals surface area contributed by atoms with Crippen molar-refractivity contribution in [3.8, 4) is 0 Å². The number of nitrogens with zero attached hydrogens (tertiary/aromatic N) is 3. The van der Waals surface area contributed by atoms with E-state index < -0.39 is 17.6 Å². The van der Waals surface area contributed by atoms with E-state index in [2.05, 4.69) is 20.7 Å². The molecule has 3 aromatic rings. The molecule has 0 atom stereocenters. The summed E-state index contributed by atoms with van der Waals surface area (Å²) in [6.45, 7) is 0. The van der Waals surface area contributed by atoms with Crippen LogP contribution in [0.25, 0.3) is 6.08 Å². The maximum atomic E-state index is 12.7. The zero-order valence-electron chi connectivity index (χ0n) is 16.8. The van der Waals surface area contributed by atoms with Gasteiger partial charge in [-0.3, -0.25) is 14.3 Å². The highest BCUT2D eigenvalue weighted by Gasteiger charge is 2.30. The van der Waals surface area contributed by atoms with E-state index in [1.807, 2.05) is 0 Å². The molecule has 0 saturated carbocycles. The smallest absolute Gasteiger partial charge is 0.397 e. The number of alkyl halides is 3. The fourth-order valence-corrected chi connectivity index (χ4v) is 2.68. The maximum absolute atomic E-state index is 12.7. The van der Waals surface area contributed by atoms with E-state index in [1.54, 1.807) is 36.3 Å². The van der Waals surface area contributed by atoms with Crippen LogP contribution in [0.1, 0.15) is 28.0 Å². The fourth-order valence-electron chi connectivity index (χ4n) is 2.68. The van der Waals surface area contributed by atoms with Gasteiger partial charge in [0.05, 0.1) is 35.0 Å². The highest BCUT2D eigenvalue weighted by molar-refractivity contribution is 6.04. The van der Waals surface area contributed by atoms with Crippen molar-refractivity contribution in [2.24, 2.45) is 7.05 Å². The van der Waals surface area contributed by atoms with Gasteiger partial charge in [0, 0.05) is 25.2 Å². The van der Waals surface area contributed by atoms with Gasteiger partial charge >= 0.3 is 6.18 Å². The number of aryl methyl sites for hydroxylation is 1. The number of nitrogen functional groups attached to an aromatic ring is 1. The van der Waals surface area contributed by atoms with Crippen LogP contribution in [-0.4, -0.2) is 26.6 Å². The summed E-state index contributed by atoms with van der Waals surface area (Å²) in [6.07, 6.45) is 3.83. The van der Waals surface area contributed by atoms with Gasteiger partial charge in [-0.25, -0.2) is 4.98 Å². The van der Waals surface area contributed by atoms with Crippen molar-refractivity contribution >= 4 is 35.0 Å². The highest BCUT2D eigenvalue weighted by Crippen LogP contribution is 2.32. The van der Waals surface area contributed by atoms with Gasteiger partial charge in [-0.05, 0) is 30.3 Å². The topological polar surface area (TPSA) is 115 Å². The number of amides is 2. The van der Waals surface area contributed by atoms with Crippen LogP contribution < -0.4 is 16.4 Å². The molecule has 0 fully saturated rings. The largest absolute Gasteiger partial charge is 0.416 e. The van der Waals surface area contributed by atoms with Crippen LogP contribution in [0.15, 0.2) is 55.0 Å².